The molecule has 1 atom stereocenters. The Balaban J connectivity index is 1.33. The molecule has 1 N–H and O–H groups in total. The Bertz CT molecular complexity index is 880. The molecule has 0 aromatic heterocycles. The molecule has 1 fully saturated rings. The molecule has 29 heavy (non-hydrogen) atoms. The van der Waals surface area contributed by atoms with Gasteiger partial charge in [0.2, 0.25) is 5.91 Å². The molecule has 2 amide bonds. The van der Waals surface area contributed by atoms with Crippen LogP contribution in [0.5, 0.6) is 0 Å². The lowest BCUT2D eigenvalue weighted by molar-refractivity contribution is -0.116. The normalized spacial score (nSPS) is 17.9. The molecule has 1 unspecified atom stereocenters. The van der Waals surface area contributed by atoms with Gasteiger partial charge in [-0.25, -0.2) is 0 Å². The zero-order chi connectivity index (χ0) is 20.1. The molecule has 6 heteroatoms. The summed E-state index contributed by atoms with van der Waals surface area (Å²) in [6.07, 6.45) is 4.18. The number of carbonyl (C=O) groups is 2. The van der Waals surface area contributed by atoms with Crippen LogP contribution in [-0.4, -0.2) is 43.4 Å². The lowest BCUT2D eigenvalue weighted by Gasteiger charge is -2.17. The fourth-order valence-electron chi connectivity index (χ4n) is 3.91. The summed E-state index contributed by atoms with van der Waals surface area (Å²) in [5, 5.41) is 2.99. The van der Waals surface area contributed by atoms with Crippen molar-refractivity contribution < 1.29 is 14.3 Å². The molecule has 4 rings (SSSR count). The van der Waals surface area contributed by atoms with E-state index in [1.54, 1.807) is 0 Å². The van der Waals surface area contributed by atoms with Gasteiger partial charge in [-0.15, -0.1) is 11.8 Å². The number of para-hydroxylation sites is 1. The van der Waals surface area contributed by atoms with Gasteiger partial charge in [0.15, 0.2) is 0 Å². The van der Waals surface area contributed by atoms with Crippen LogP contribution in [0.25, 0.3) is 0 Å². The maximum atomic E-state index is 12.8. The maximum absolute atomic E-state index is 12.8. The Kier molecular flexibility index (Phi) is 6.52. The molecular formula is C23H26N2O3S. The number of carbonyl (C=O) groups excluding carboxylic acids is 2. The van der Waals surface area contributed by atoms with Crippen LogP contribution in [0.2, 0.25) is 0 Å². The molecule has 2 aromatic rings. The molecule has 0 radical (unpaired) electrons. The fraction of sp³-hybridized carbons (Fsp3) is 0.391. The van der Waals surface area contributed by atoms with Crippen molar-refractivity contribution in [1.29, 1.82) is 0 Å². The van der Waals surface area contributed by atoms with Gasteiger partial charge in [0.1, 0.15) is 0 Å². The smallest absolute Gasteiger partial charge is 0.252 e. The summed E-state index contributed by atoms with van der Waals surface area (Å²) < 4.78 is 5.61. The van der Waals surface area contributed by atoms with E-state index in [1.165, 1.54) is 17.3 Å². The van der Waals surface area contributed by atoms with Crippen molar-refractivity contribution in [2.75, 3.05) is 30.3 Å². The van der Waals surface area contributed by atoms with Crippen LogP contribution in [0.1, 0.15) is 35.2 Å². The monoisotopic (exact) mass is 410 g/mol. The highest BCUT2D eigenvalue weighted by atomic mass is 32.2. The molecule has 152 valence electrons. The second-order valence-electron chi connectivity index (χ2n) is 7.39. The van der Waals surface area contributed by atoms with Gasteiger partial charge < -0.3 is 15.0 Å². The third kappa shape index (κ3) is 4.82. The molecule has 2 heterocycles. The summed E-state index contributed by atoms with van der Waals surface area (Å²) >= 11 is 1.43. The first-order valence-electron chi connectivity index (χ1n) is 10.2. The van der Waals surface area contributed by atoms with Crippen LogP contribution in [0.15, 0.2) is 53.4 Å². The number of fused-ring (bicyclic) bond motifs is 1. The Hall–Kier alpha value is -2.31. The van der Waals surface area contributed by atoms with E-state index in [2.05, 4.69) is 11.4 Å². The first-order chi connectivity index (χ1) is 14.2. The summed E-state index contributed by atoms with van der Waals surface area (Å²) in [6, 6.07) is 15.5. The minimum Gasteiger partial charge on any atom is -0.378 e. The van der Waals surface area contributed by atoms with Crippen LogP contribution in [0.3, 0.4) is 0 Å². The van der Waals surface area contributed by atoms with Crippen molar-refractivity contribution in [1.82, 2.24) is 5.32 Å². The molecule has 2 aliphatic rings. The first-order valence-corrected chi connectivity index (χ1v) is 11.2. The first kappa shape index (κ1) is 20.0. The lowest BCUT2D eigenvalue weighted by Crippen LogP contribution is -2.30. The van der Waals surface area contributed by atoms with Crippen molar-refractivity contribution in [3.63, 3.8) is 0 Å². The number of ether oxygens (including phenoxy) is 1. The van der Waals surface area contributed by atoms with Crippen molar-refractivity contribution in [2.45, 2.75) is 36.7 Å². The van der Waals surface area contributed by atoms with Crippen LogP contribution in [0, 0.1) is 0 Å². The Morgan fingerprint density at radius 1 is 1.14 bits per heavy atom. The summed E-state index contributed by atoms with van der Waals surface area (Å²) in [7, 11) is 0. The maximum Gasteiger partial charge on any atom is 0.252 e. The zero-order valence-corrected chi connectivity index (χ0v) is 17.2. The minimum absolute atomic E-state index is 0.0774. The molecule has 0 bridgehead atoms. The van der Waals surface area contributed by atoms with Crippen LogP contribution < -0.4 is 10.2 Å². The topological polar surface area (TPSA) is 58.6 Å². The van der Waals surface area contributed by atoms with Crippen molar-refractivity contribution in [2.24, 2.45) is 0 Å². The zero-order valence-electron chi connectivity index (χ0n) is 16.4. The number of hydrogen-bond acceptors (Lipinski definition) is 4. The van der Waals surface area contributed by atoms with E-state index in [9.17, 15) is 9.59 Å². The van der Waals surface area contributed by atoms with Gasteiger partial charge in [0, 0.05) is 30.3 Å². The van der Waals surface area contributed by atoms with Crippen molar-refractivity contribution >= 4 is 29.3 Å². The van der Waals surface area contributed by atoms with Gasteiger partial charge in [-0.3, -0.25) is 9.59 Å². The summed E-state index contributed by atoms with van der Waals surface area (Å²) in [4.78, 5) is 28.1. The fourth-order valence-corrected chi connectivity index (χ4v) is 4.83. The number of hydrogen-bond donors (Lipinski definition) is 1. The third-order valence-electron chi connectivity index (χ3n) is 5.45. The lowest BCUT2D eigenvalue weighted by atomic mass is 10.1. The molecule has 2 aromatic carbocycles. The average Bonchev–Trinajstić information content (AvgIpc) is 3.42. The highest BCUT2D eigenvalue weighted by molar-refractivity contribution is 8.00. The number of benzene rings is 2. The summed E-state index contributed by atoms with van der Waals surface area (Å²) in [6.45, 7) is 2.16. The molecular weight excluding hydrogens is 384 g/mol. The standard InChI is InChI=1S/C23H26N2O3S/c26-22(25-14-12-17-6-1-3-9-20(17)25)16-29-21-10-4-2-8-19(21)23(27)24-13-11-18-7-5-15-28-18/h1-4,6,8-10,18H,5,7,11-16H2,(H,24,27). The van der Waals surface area contributed by atoms with Crippen molar-refractivity contribution in [3.05, 3.63) is 59.7 Å². The number of amides is 2. The van der Waals surface area contributed by atoms with Gasteiger partial charge in [0.05, 0.1) is 17.4 Å². The van der Waals surface area contributed by atoms with Crippen molar-refractivity contribution in [3.8, 4) is 0 Å². The minimum atomic E-state index is -0.0925. The van der Waals surface area contributed by atoms with E-state index in [0.717, 1.165) is 49.4 Å². The third-order valence-corrected chi connectivity index (χ3v) is 6.51. The van der Waals surface area contributed by atoms with Gasteiger partial charge in [0.25, 0.3) is 5.91 Å². The number of anilines is 1. The molecule has 1 saturated heterocycles. The predicted octanol–water partition coefficient (Wildman–Crippen LogP) is 3.67. The SMILES string of the molecule is O=C(NCCC1CCCO1)c1ccccc1SCC(=O)N1CCc2ccccc21. The summed E-state index contributed by atoms with van der Waals surface area (Å²) in [5.74, 6) is 0.299. The second kappa shape index (κ2) is 9.46. The number of thioether (sulfide) groups is 1. The molecule has 2 aliphatic heterocycles. The number of nitrogens with one attached hydrogen (secondary N) is 1. The van der Waals surface area contributed by atoms with E-state index in [1.807, 2.05) is 47.4 Å². The number of nitrogens with zero attached hydrogens (tertiary/aromatic N) is 1. The highest BCUT2D eigenvalue weighted by Gasteiger charge is 2.24. The number of rotatable bonds is 7. The molecule has 0 spiro atoms. The Morgan fingerprint density at radius 2 is 1.97 bits per heavy atom. The molecule has 5 nitrogen and oxygen atoms in total. The summed E-state index contributed by atoms with van der Waals surface area (Å²) in [5.41, 5.74) is 2.86. The van der Waals surface area contributed by atoms with Gasteiger partial charge in [-0.05, 0) is 49.4 Å². The van der Waals surface area contributed by atoms with E-state index in [0.29, 0.717) is 17.9 Å². The van der Waals surface area contributed by atoms with Crippen LogP contribution in [0.4, 0.5) is 5.69 Å². The van der Waals surface area contributed by atoms with Gasteiger partial charge in [-0.2, -0.15) is 0 Å². The van der Waals surface area contributed by atoms with E-state index in [-0.39, 0.29) is 17.9 Å². The van der Waals surface area contributed by atoms with Gasteiger partial charge in [-0.1, -0.05) is 30.3 Å². The molecule has 0 aliphatic carbocycles. The second-order valence-corrected chi connectivity index (χ2v) is 8.41. The predicted molar refractivity (Wildman–Crippen MR) is 116 cm³/mol. The van der Waals surface area contributed by atoms with Crippen LogP contribution in [-0.2, 0) is 16.0 Å². The quantitative estimate of drug-likeness (QED) is 0.708. The van der Waals surface area contributed by atoms with Gasteiger partial charge >= 0.3 is 0 Å². The average molecular weight is 411 g/mol. The Morgan fingerprint density at radius 3 is 2.83 bits per heavy atom. The molecule has 0 saturated carbocycles. The Labute approximate surface area is 175 Å². The van der Waals surface area contributed by atoms with E-state index in [4.69, 9.17) is 4.74 Å². The highest BCUT2D eigenvalue weighted by Crippen LogP contribution is 2.29. The van der Waals surface area contributed by atoms with E-state index < -0.39 is 0 Å². The van der Waals surface area contributed by atoms with E-state index >= 15 is 0 Å². The van der Waals surface area contributed by atoms with Crippen LogP contribution >= 0.6 is 11.8 Å². The largest absolute Gasteiger partial charge is 0.378 e.